The van der Waals surface area contributed by atoms with Crippen LogP contribution in [0, 0.1) is 0 Å². The van der Waals surface area contributed by atoms with Crippen molar-refractivity contribution < 1.29 is 22.7 Å². The average molecular weight is 314 g/mol. The van der Waals surface area contributed by atoms with Gasteiger partial charge in [-0.15, -0.1) is 0 Å². The molecule has 0 aliphatic heterocycles. The Kier molecular flexibility index (Phi) is 7.22. The van der Waals surface area contributed by atoms with Crippen molar-refractivity contribution in [1.29, 1.82) is 0 Å². The third kappa shape index (κ3) is 7.13. The van der Waals surface area contributed by atoms with Gasteiger partial charge in [-0.05, 0) is 44.4 Å². The highest BCUT2D eigenvalue weighted by molar-refractivity contribution is 7.90. The van der Waals surface area contributed by atoms with E-state index in [1.54, 1.807) is 25.1 Å². The molecule has 0 atom stereocenters. The average Bonchev–Trinajstić information content (AvgIpc) is 2.42. The molecular weight excluding hydrogens is 292 g/mol. The number of hydrogen-bond acceptors (Lipinski definition) is 5. The highest BCUT2D eigenvalue weighted by atomic mass is 32.2. The first-order valence-corrected chi connectivity index (χ1v) is 8.91. The zero-order chi connectivity index (χ0) is 15.7. The highest BCUT2D eigenvalue weighted by Gasteiger charge is 2.07. The van der Waals surface area contributed by atoms with E-state index in [2.05, 4.69) is 0 Å². The summed E-state index contributed by atoms with van der Waals surface area (Å²) in [6.07, 6.45) is 4.04. The van der Waals surface area contributed by atoms with Crippen LogP contribution >= 0.6 is 0 Å². The van der Waals surface area contributed by atoms with E-state index in [-0.39, 0.29) is 10.9 Å². The first kappa shape index (κ1) is 17.5. The van der Waals surface area contributed by atoms with Crippen LogP contribution in [0.4, 0.5) is 0 Å². The van der Waals surface area contributed by atoms with Gasteiger partial charge in [0, 0.05) is 12.7 Å². The monoisotopic (exact) mass is 314 g/mol. The second-order valence-corrected chi connectivity index (χ2v) is 6.73. The van der Waals surface area contributed by atoms with Gasteiger partial charge in [-0.25, -0.2) is 8.42 Å². The Morgan fingerprint density at radius 3 is 2.62 bits per heavy atom. The zero-order valence-electron chi connectivity index (χ0n) is 12.5. The summed E-state index contributed by atoms with van der Waals surface area (Å²) in [5.74, 6) is 0.377. The fourth-order valence-electron chi connectivity index (χ4n) is 1.77. The number of sulfone groups is 1. The normalized spacial score (nSPS) is 11.1. The Bertz CT molecular complexity index is 551. The summed E-state index contributed by atoms with van der Waals surface area (Å²) < 4.78 is 33.2. The maximum Gasteiger partial charge on any atom is 0.305 e. The number of esters is 1. The van der Waals surface area contributed by atoms with Gasteiger partial charge in [0.15, 0.2) is 9.84 Å². The van der Waals surface area contributed by atoms with E-state index in [1.807, 2.05) is 0 Å². The van der Waals surface area contributed by atoms with E-state index in [1.165, 1.54) is 12.3 Å². The predicted molar refractivity (Wildman–Crippen MR) is 80.1 cm³/mol. The lowest BCUT2D eigenvalue weighted by molar-refractivity contribution is -0.143. The minimum atomic E-state index is -3.21. The van der Waals surface area contributed by atoms with Gasteiger partial charge in [0.25, 0.3) is 0 Å². The van der Waals surface area contributed by atoms with Crippen molar-refractivity contribution in [2.45, 2.75) is 37.5 Å². The Balaban J connectivity index is 2.26. The summed E-state index contributed by atoms with van der Waals surface area (Å²) in [6.45, 7) is 2.70. The molecule has 0 aromatic heterocycles. The second-order valence-electron chi connectivity index (χ2n) is 4.71. The van der Waals surface area contributed by atoms with Gasteiger partial charge in [-0.1, -0.05) is 6.07 Å². The maximum atomic E-state index is 11.4. The van der Waals surface area contributed by atoms with E-state index in [9.17, 15) is 13.2 Å². The van der Waals surface area contributed by atoms with Crippen molar-refractivity contribution in [3.05, 3.63) is 24.3 Å². The molecule has 6 heteroatoms. The van der Waals surface area contributed by atoms with Gasteiger partial charge in [0.05, 0.1) is 18.1 Å². The summed E-state index contributed by atoms with van der Waals surface area (Å²) in [4.78, 5) is 11.4. The standard InChI is InChI=1S/C15H22O5S/c1-3-19-15(16)10-5-4-6-11-20-13-8-7-9-14(12-13)21(2,17)18/h7-9,12H,3-6,10-11H2,1-2H3. The molecule has 1 aromatic rings. The van der Waals surface area contributed by atoms with Crippen LogP contribution in [-0.2, 0) is 19.4 Å². The van der Waals surface area contributed by atoms with Gasteiger partial charge in [-0.3, -0.25) is 4.79 Å². The number of hydrogen-bond donors (Lipinski definition) is 0. The molecule has 0 unspecified atom stereocenters. The molecule has 0 aliphatic carbocycles. The third-order valence-corrected chi connectivity index (χ3v) is 3.94. The number of carbonyl (C=O) groups excluding carboxylic acids is 1. The smallest absolute Gasteiger partial charge is 0.305 e. The molecule has 5 nitrogen and oxygen atoms in total. The van der Waals surface area contributed by atoms with Gasteiger partial charge >= 0.3 is 5.97 Å². The molecule has 0 aliphatic rings. The van der Waals surface area contributed by atoms with Crippen LogP contribution in [-0.4, -0.2) is 33.9 Å². The number of carbonyl (C=O) groups is 1. The number of unbranched alkanes of at least 4 members (excludes halogenated alkanes) is 2. The highest BCUT2D eigenvalue weighted by Crippen LogP contribution is 2.17. The van der Waals surface area contributed by atoms with Crippen molar-refractivity contribution in [2.75, 3.05) is 19.5 Å². The Hall–Kier alpha value is -1.56. The van der Waals surface area contributed by atoms with Crippen LogP contribution in [0.2, 0.25) is 0 Å². The fourth-order valence-corrected chi connectivity index (χ4v) is 2.42. The molecule has 118 valence electrons. The predicted octanol–water partition coefficient (Wildman–Crippen LogP) is 2.59. The van der Waals surface area contributed by atoms with Gasteiger partial charge < -0.3 is 9.47 Å². The summed E-state index contributed by atoms with van der Waals surface area (Å²) in [5.41, 5.74) is 0. The molecule has 0 N–H and O–H groups in total. The van der Waals surface area contributed by atoms with Crippen LogP contribution in [0.15, 0.2) is 29.2 Å². The van der Waals surface area contributed by atoms with Crippen LogP contribution in [0.25, 0.3) is 0 Å². The lowest BCUT2D eigenvalue weighted by atomic mass is 10.2. The van der Waals surface area contributed by atoms with Crippen molar-refractivity contribution >= 4 is 15.8 Å². The molecule has 1 aromatic carbocycles. The third-order valence-electron chi connectivity index (χ3n) is 2.83. The van der Waals surface area contributed by atoms with Crippen LogP contribution < -0.4 is 4.74 Å². The van der Waals surface area contributed by atoms with Crippen LogP contribution in [0.1, 0.15) is 32.6 Å². The number of benzene rings is 1. The fraction of sp³-hybridized carbons (Fsp3) is 0.533. The van der Waals surface area contributed by atoms with Gasteiger partial charge in [0.2, 0.25) is 0 Å². The molecule has 0 saturated heterocycles. The van der Waals surface area contributed by atoms with Crippen LogP contribution in [0.5, 0.6) is 5.75 Å². The van der Waals surface area contributed by atoms with Crippen LogP contribution in [0.3, 0.4) is 0 Å². The molecule has 0 amide bonds. The molecule has 0 saturated carbocycles. The Morgan fingerprint density at radius 2 is 1.95 bits per heavy atom. The molecule has 0 bridgehead atoms. The molecule has 0 heterocycles. The van der Waals surface area contributed by atoms with E-state index in [0.717, 1.165) is 19.3 Å². The molecular formula is C15H22O5S. The molecule has 1 rings (SSSR count). The lowest BCUT2D eigenvalue weighted by Gasteiger charge is -2.07. The summed E-state index contributed by atoms with van der Waals surface area (Å²) in [7, 11) is -3.21. The van der Waals surface area contributed by atoms with Crippen molar-refractivity contribution in [3.63, 3.8) is 0 Å². The summed E-state index contributed by atoms with van der Waals surface area (Å²) >= 11 is 0. The Labute approximate surface area is 126 Å². The first-order valence-electron chi connectivity index (χ1n) is 7.02. The lowest BCUT2D eigenvalue weighted by Crippen LogP contribution is -2.04. The minimum Gasteiger partial charge on any atom is -0.494 e. The van der Waals surface area contributed by atoms with Gasteiger partial charge in [0.1, 0.15) is 5.75 Å². The van der Waals surface area contributed by atoms with E-state index in [0.29, 0.717) is 25.4 Å². The summed E-state index contributed by atoms with van der Waals surface area (Å²) in [6, 6.07) is 6.45. The Morgan fingerprint density at radius 1 is 1.19 bits per heavy atom. The van der Waals surface area contributed by atoms with E-state index in [4.69, 9.17) is 9.47 Å². The summed E-state index contributed by atoms with van der Waals surface area (Å²) in [5, 5.41) is 0. The first-order chi connectivity index (χ1) is 9.93. The number of rotatable bonds is 9. The quantitative estimate of drug-likeness (QED) is 0.517. The van der Waals surface area contributed by atoms with E-state index >= 15 is 0 Å². The second kappa shape index (κ2) is 8.67. The minimum absolute atomic E-state index is 0.167. The van der Waals surface area contributed by atoms with Gasteiger partial charge in [-0.2, -0.15) is 0 Å². The van der Waals surface area contributed by atoms with Crippen molar-refractivity contribution in [1.82, 2.24) is 0 Å². The molecule has 0 spiro atoms. The molecule has 21 heavy (non-hydrogen) atoms. The largest absolute Gasteiger partial charge is 0.494 e. The van der Waals surface area contributed by atoms with Crippen molar-refractivity contribution in [3.8, 4) is 5.75 Å². The maximum absolute atomic E-state index is 11.4. The molecule has 0 fully saturated rings. The molecule has 0 radical (unpaired) electrons. The van der Waals surface area contributed by atoms with Crippen molar-refractivity contribution in [2.24, 2.45) is 0 Å². The topological polar surface area (TPSA) is 69.7 Å². The zero-order valence-corrected chi connectivity index (χ0v) is 13.3. The number of ether oxygens (including phenoxy) is 2. The van der Waals surface area contributed by atoms with E-state index < -0.39 is 9.84 Å². The SMILES string of the molecule is CCOC(=O)CCCCCOc1cccc(S(C)(=O)=O)c1.